The summed E-state index contributed by atoms with van der Waals surface area (Å²) in [6.45, 7) is 1.88. The van der Waals surface area contributed by atoms with Crippen LogP contribution in [0.3, 0.4) is 0 Å². The zero-order valence-electron chi connectivity index (χ0n) is 9.75. The molecule has 0 unspecified atom stereocenters. The first-order valence-electron chi connectivity index (χ1n) is 5.42. The number of hydrogen-bond acceptors (Lipinski definition) is 1. The van der Waals surface area contributed by atoms with Crippen LogP contribution in [0.5, 0.6) is 0 Å². The monoisotopic (exact) mass is 251 g/mol. The van der Waals surface area contributed by atoms with Gasteiger partial charge in [0, 0.05) is 5.69 Å². The van der Waals surface area contributed by atoms with Gasteiger partial charge in [-0.2, -0.15) is 13.2 Å². The van der Waals surface area contributed by atoms with Crippen LogP contribution >= 0.6 is 0 Å². The third-order valence-corrected chi connectivity index (χ3v) is 2.77. The fourth-order valence-electron chi connectivity index (χ4n) is 1.85. The molecule has 2 N–H and O–H groups in total. The van der Waals surface area contributed by atoms with Crippen molar-refractivity contribution in [3.63, 3.8) is 0 Å². The van der Waals surface area contributed by atoms with E-state index in [2.05, 4.69) is 0 Å². The predicted octanol–water partition coefficient (Wildman–Crippen LogP) is 4.26. The van der Waals surface area contributed by atoms with Gasteiger partial charge in [0.2, 0.25) is 0 Å². The van der Waals surface area contributed by atoms with Crippen molar-refractivity contribution in [3.05, 3.63) is 53.6 Å². The van der Waals surface area contributed by atoms with E-state index in [0.717, 1.165) is 28.8 Å². The molecular formula is C14H12F3N. The number of hydrogen-bond donors (Lipinski definition) is 1. The smallest absolute Gasteiger partial charge is 0.399 e. The van der Waals surface area contributed by atoms with Gasteiger partial charge in [0.25, 0.3) is 0 Å². The number of nitrogen functional groups attached to an aromatic ring is 1. The quantitative estimate of drug-likeness (QED) is 0.753. The van der Waals surface area contributed by atoms with Gasteiger partial charge in [-0.25, -0.2) is 0 Å². The number of aryl methyl sites for hydroxylation is 1. The van der Waals surface area contributed by atoms with Gasteiger partial charge >= 0.3 is 6.18 Å². The molecule has 2 aromatic rings. The second-order valence-corrected chi connectivity index (χ2v) is 4.15. The van der Waals surface area contributed by atoms with Crippen LogP contribution in [0.4, 0.5) is 18.9 Å². The zero-order valence-corrected chi connectivity index (χ0v) is 9.75. The lowest BCUT2D eigenvalue weighted by molar-refractivity contribution is -0.137. The van der Waals surface area contributed by atoms with E-state index >= 15 is 0 Å². The number of nitrogens with two attached hydrogens (primary N) is 1. The van der Waals surface area contributed by atoms with Crippen molar-refractivity contribution in [2.24, 2.45) is 0 Å². The van der Waals surface area contributed by atoms with Crippen LogP contribution in [0.15, 0.2) is 42.5 Å². The summed E-state index contributed by atoms with van der Waals surface area (Å²) >= 11 is 0. The Labute approximate surface area is 103 Å². The Morgan fingerprint density at radius 2 is 1.56 bits per heavy atom. The molecule has 0 aliphatic rings. The maximum absolute atomic E-state index is 12.4. The summed E-state index contributed by atoms with van der Waals surface area (Å²) in [5.41, 5.74) is 8.22. The SMILES string of the molecule is Cc1cc(N)ccc1-c1ccc(C(F)(F)F)cc1. The molecule has 4 heteroatoms. The minimum Gasteiger partial charge on any atom is -0.399 e. The molecule has 18 heavy (non-hydrogen) atoms. The van der Waals surface area contributed by atoms with Crippen molar-refractivity contribution in [2.45, 2.75) is 13.1 Å². The molecule has 0 aromatic heterocycles. The van der Waals surface area contributed by atoms with Gasteiger partial charge in [-0.3, -0.25) is 0 Å². The van der Waals surface area contributed by atoms with E-state index in [1.54, 1.807) is 12.1 Å². The fourth-order valence-corrected chi connectivity index (χ4v) is 1.85. The molecule has 0 saturated carbocycles. The topological polar surface area (TPSA) is 26.0 Å². The molecule has 2 rings (SSSR count). The van der Waals surface area contributed by atoms with Crippen molar-refractivity contribution < 1.29 is 13.2 Å². The molecule has 94 valence electrons. The second-order valence-electron chi connectivity index (χ2n) is 4.15. The highest BCUT2D eigenvalue weighted by Crippen LogP contribution is 2.32. The maximum Gasteiger partial charge on any atom is 0.416 e. The molecule has 0 amide bonds. The van der Waals surface area contributed by atoms with E-state index in [9.17, 15) is 13.2 Å². The van der Waals surface area contributed by atoms with Crippen molar-refractivity contribution in [1.82, 2.24) is 0 Å². The maximum atomic E-state index is 12.4. The van der Waals surface area contributed by atoms with Gasteiger partial charge in [-0.1, -0.05) is 18.2 Å². The lowest BCUT2D eigenvalue weighted by Gasteiger charge is -2.10. The standard InChI is InChI=1S/C14H12F3N/c1-9-8-12(18)6-7-13(9)10-2-4-11(5-3-10)14(15,16)17/h2-8H,18H2,1H3. The zero-order chi connectivity index (χ0) is 13.3. The van der Waals surface area contributed by atoms with E-state index in [1.807, 2.05) is 13.0 Å². The van der Waals surface area contributed by atoms with E-state index in [4.69, 9.17) is 5.73 Å². The fraction of sp³-hybridized carbons (Fsp3) is 0.143. The average Bonchev–Trinajstić information content (AvgIpc) is 2.28. The van der Waals surface area contributed by atoms with Crippen LogP contribution in [-0.2, 0) is 6.18 Å². The largest absolute Gasteiger partial charge is 0.416 e. The highest BCUT2D eigenvalue weighted by Gasteiger charge is 2.29. The molecule has 0 saturated heterocycles. The number of alkyl halides is 3. The normalized spacial score (nSPS) is 11.6. The lowest BCUT2D eigenvalue weighted by atomic mass is 9.99. The molecule has 0 radical (unpaired) electrons. The number of rotatable bonds is 1. The van der Waals surface area contributed by atoms with E-state index in [1.165, 1.54) is 12.1 Å². The van der Waals surface area contributed by atoms with Crippen molar-refractivity contribution in [1.29, 1.82) is 0 Å². The predicted molar refractivity (Wildman–Crippen MR) is 66.0 cm³/mol. The molecule has 0 heterocycles. The Morgan fingerprint density at radius 3 is 2.06 bits per heavy atom. The molecule has 1 nitrogen and oxygen atoms in total. The minimum atomic E-state index is -4.30. The summed E-state index contributed by atoms with van der Waals surface area (Å²) in [6.07, 6.45) is -4.30. The Morgan fingerprint density at radius 1 is 0.944 bits per heavy atom. The van der Waals surface area contributed by atoms with Crippen molar-refractivity contribution in [3.8, 4) is 11.1 Å². The third kappa shape index (κ3) is 2.47. The Balaban J connectivity index is 2.41. The summed E-state index contributed by atoms with van der Waals surface area (Å²) in [5.74, 6) is 0. The molecule has 0 spiro atoms. The van der Waals surface area contributed by atoms with E-state index < -0.39 is 11.7 Å². The van der Waals surface area contributed by atoms with Gasteiger partial charge in [-0.15, -0.1) is 0 Å². The van der Waals surface area contributed by atoms with Crippen LogP contribution in [0.2, 0.25) is 0 Å². The number of benzene rings is 2. The summed E-state index contributed by atoms with van der Waals surface area (Å²) in [7, 11) is 0. The highest BCUT2D eigenvalue weighted by atomic mass is 19.4. The number of anilines is 1. The summed E-state index contributed by atoms with van der Waals surface area (Å²) in [4.78, 5) is 0. The molecular weight excluding hydrogens is 239 g/mol. The first-order valence-corrected chi connectivity index (χ1v) is 5.42. The molecule has 0 aliphatic carbocycles. The summed E-state index contributed by atoms with van der Waals surface area (Å²) in [5, 5.41) is 0. The molecule has 0 atom stereocenters. The lowest BCUT2D eigenvalue weighted by Crippen LogP contribution is -2.04. The molecule has 0 bridgehead atoms. The van der Waals surface area contributed by atoms with Crippen LogP contribution < -0.4 is 5.73 Å². The van der Waals surface area contributed by atoms with Gasteiger partial charge in [0.15, 0.2) is 0 Å². The van der Waals surface area contributed by atoms with E-state index in [0.29, 0.717) is 5.69 Å². The van der Waals surface area contributed by atoms with Gasteiger partial charge < -0.3 is 5.73 Å². The second kappa shape index (κ2) is 4.37. The molecule has 2 aromatic carbocycles. The first kappa shape index (κ1) is 12.5. The minimum absolute atomic E-state index is 0.639. The van der Waals surface area contributed by atoms with Crippen LogP contribution in [-0.4, -0.2) is 0 Å². The third-order valence-electron chi connectivity index (χ3n) is 2.77. The Bertz CT molecular complexity index is 556. The summed E-state index contributed by atoms with van der Waals surface area (Å²) in [6, 6.07) is 10.5. The Hall–Kier alpha value is -1.97. The van der Waals surface area contributed by atoms with E-state index in [-0.39, 0.29) is 0 Å². The molecule has 0 aliphatic heterocycles. The highest BCUT2D eigenvalue weighted by molar-refractivity contribution is 5.69. The van der Waals surface area contributed by atoms with Gasteiger partial charge in [0.05, 0.1) is 5.56 Å². The first-order chi connectivity index (χ1) is 8.38. The van der Waals surface area contributed by atoms with Crippen molar-refractivity contribution >= 4 is 5.69 Å². The summed E-state index contributed by atoms with van der Waals surface area (Å²) < 4.78 is 37.3. The van der Waals surface area contributed by atoms with Crippen LogP contribution in [0, 0.1) is 6.92 Å². The Kier molecular flexibility index (Phi) is 3.03. The number of halogens is 3. The average molecular weight is 251 g/mol. The van der Waals surface area contributed by atoms with Crippen molar-refractivity contribution in [2.75, 3.05) is 5.73 Å². The van der Waals surface area contributed by atoms with Gasteiger partial charge in [-0.05, 0) is 47.9 Å². The van der Waals surface area contributed by atoms with Crippen LogP contribution in [0.1, 0.15) is 11.1 Å². The van der Waals surface area contributed by atoms with Crippen LogP contribution in [0.25, 0.3) is 11.1 Å². The molecule has 0 fully saturated rings. The van der Waals surface area contributed by atoms with Gasteiger partial charge in [0.1, 0.15) is 0 Å².